The molecule has 0 unspecified atom stereocenters. The SMILES string of the molecule is CCOC(=O)c1[nH]c2ccc(F)cc2c1NC(=O)CN1C[C@@H](C)O[C@H](C)C1. The molecule has 2 atom stereocenters. The van der Waals surface area contributed by atoms with Crippen molar-refractivity contribution in [3.63, 3.8) is 0 Å². The first-order chi connectivity index (χ1) is 12.9. The number of aromatic nitrogens is 1. The number of esters is 1. The number of carbonyl (C=O) groups is 2. The van der Waals surface area contributed by atoms with Gasteiger partial charge in [0, 0.05) is 24.0 Å². The number of halogens is 1. The van der Waals surface area contributed by atoms with Crippen molar-refractivity contribution in [2.75, 3.05) is 31.6 Å². The summed E-state index contributed by atoms with van der Waals surface area (Å²) in [6.07, 6.45) is 0.0812. The van der Waals surface area contributed by atoms with E-state index in [1.54, 1.807) is 6.92 Å². The zero-order valence-corrected chi connectivity index (χ0v) is 15.7. The van der Waals surface area contributed by atoms with E-state index in [0.29, 0.717) is 24.0 Å². The van der Waals surface area contributed by atoms with Gasteiger partial charge in [0.1, 0.15) is 11.5 Å². The van der Waals surface area contributed by atoms with Crippen molar-refractivity contribution in [3.05, 3.63) is 29.7 Å². The van der Waals surface area contributed by atoms with Crippen LogP contribution in [-0.4, -0.2) is 60.2 Å². The smallest absolute Gasteiger partial charge is 0.356 e. The molecule has 1 saturated heterocycles. The topological polar surface area (TPSA) is 83.7 Å². The second-order valence-corrected chi connectivity index (χ2v) is 6.78. The largest absolute Gasteiger partial charge is 0.461 e. The van der Waals surface area contributed by atoms with Crippen LogP contribution in [0.15, 0.2) is 18.2 Å². The number of nitrogens with zero attached hydrogens (tertiary/aromatic N) is 1. The molecule has 0 aliphatic carbocycles. The first-order valence-electron chi connectivity index (χ1n) is 9.03. The molecule has 1 aliphatic heterocycles. The number of hydrogen-bond acceptors (Lipinski definition) is 5. The van der Waals surface area contributed by atoms with E-state index in [4.69, 9.17) is 9.47 Å². The summed E-state index contributed by atoms with van der Waals surface area (Å²) in [5.41, 5.74) is 0.889. The molecule has 1 aliphatic rings. The molecule has 0 saturated carbocycles. The predicted octanol–water partition coefficient (Wildman–Crippen LogP) is 2.53. The molecule has 27 heavy (non-hydrogen) atoms. The average molecular weight is 377 g/mol. The third kappa shape index (κ3) is 4.45. The molecule has 1 aromatic carbocycles. The summed E-state index contributed by atoms with van der Waals surface area (Å²) >= 11 is 0. The quantitative estimate of drug-likeness (QED) is 0.783. The summed E-state index contributed by atoms with van der Waals surface area (Å²) in [5.74, 6) is -1.34. The molecule has 8 heteroatoms. The van der Waals surface area contributed by atoms with Crippen LogP contribution in [0.4, 0.5) is 10.1 Å². The van der Waals surface area contributed by atoms with E-state index in [2.05, 4.69) is 10.3 Å². The van der Waals surface area contributed by atoms with Crippen molar-refractivity contribution >= 4 is 28.5 Å². The van der Waals surface area contributed by atoms with Crippen LogP contribution in [0.2, 0.25) is 0 Å². The van der Waals surface area contributed by atoms with Gasteiger partial charge in [-0.3, -0.25) is 9.69 Å². The number of amides is 1. The number of H-pyrrole nitrogens is 1. The molecule has 1 aromatic heterocycles. The van der Waals surface area contributed by atoms with Crippen LogP contribution in [0.3, 0.4) is 0 Å². The van der Waals surface area contributed by atoms with Gasteiger partial charge < -0.3 is 19.8 Å². The van der Waals surface area contributed by atoms with Crippen molar-refractivity contribution in [1.29, 1.82) is 0 Å². The highest BCUT2D eigenvalue weighted by molar-refractivity contribution is 6.11. The highest BCUT2D eigenvalue weighted by Gasteiger charge is 2.25. The van der Waals surface area contributed by atoms with Gasteiger partial charge in [0.05, 0.1) is 31.0 Å². The molecule has 146 valence electrons. The number of rotatable bonds is 5. The predicted molar refractivity (Wildman–Crippen MR) is 99.3 cm³/mol. The molecule has 2 aromatic rings. The van der Waals surface area contributed by atoms with Gasteiger partial charge in [-0.25, -0.2) is 9.18 Å². The van der Waals surface area contributed by atoms with Crippen LogP contribution < -0.4 is 5.32 Å². The van der Waals surface area contributed by atoms with Gasteiger partial charge in [-0.2, -0.15) is 0 Å². The Morgan fingerprint density at radius 2 is 2.04 bits per heavy atom. The van der Waals surface area contributed by atoms with Gasteiger partial charge in [-0.1, -0.05) is 0 Å². The van der Waals surface area contributed by atoms with E-state index in [0.717, 1.165) is 0 Å². The van der Waals surface area contributed by atoms with Crippen LogP contribution in [0.25, 0.3) is 10.9 Å². The Labute approximate surface area is 156 Å². The second kappa shape index (κ2) is 8.06. The van der Waals surface area contributed by atoms with Gasteiger partial charge in [-0.05, 0) is 39.0 Å². The monoisotopic (exact) mass is 377 g/mol. The number of anilines is 1. The molecule has 0 radical (unpaired) electrons. The molecule has 1 fully saturated rings. The highest BCUT2D eigenvalue weighted by atomic mass is 19.1. The van der Waals surface area contributed by atoms with Crippen molar-refractivity contribution < 1.29 is 23.5 Å². The number of aromatic amines is 1. The lowest BCUT2D eigenvalue weighted by Gasteiger charge is -2.34. The van der Waals surface area contributed by atoms with Gasteiger partial charge in [0.25, 0.3) is 0 Å². The Kier molecular flexibility index (Phi) is 5.76. The molecule has 1 amide bonds. The van der Waals surface area contributed by atoms with Crippen LogP contribution in [0, 0.1) is 5.82 Å². The maximum Gasteiger partial charge on any atom is 0.356 e. The number of nitrogens with one attached hydrogen (secondary N) is 2. The Balaban J connectivity index is 1.83. The van der Waals surface area contributed by atoms with Crippen LogP contribution >= 0.6 is 0 Å². The summed E-state index contributed by atoms with van der Waals surface area (Å²) in [4.78, 5) is 29.8. The molecule has 3 rings (SSSR count). The minimum absolute atomic E-state index is 0.0406. The van der Waals surface area contributed by atoms with E-state index in [1.807, 2.05) is 18.7 Å². The Morgan fingerprint density at radius 3 is 2.70 bits per heavy atom. The summed E-state index contributed by atoms with van der Waals surface area (Å²) in [6, 6.07) is 4.09. The van der Waals surface area contributed by atoms with E-state index in [1.165, 1.54) is 18.2 Å². The van der Waals surface area contributed by atoms with Gasteiger partial charge in [0.2, 0.25) is 5.91 Å². The van der Waals surface area contributed by atoms with Crippen molar-refractivity contribution in [1.82, 2.24) is 9.88 Å². The number of carbonyl (C=O) groups excluding carboxylic acids is 2. The molecule has 2 heterocycles. The first-order valence-corrected chi connectivity index (χ1v) is 9.03. The second-order valence-electron chi connectivity index (χ2n) is 6.78. The lowest BCUT2D eigenvalue weighted by atomic mass is 10.2. The number of fused-ring (bicyclic) bond motifs is 1. The third-order valence-electron chi connectivity index (χ3n) is 4.37. The highest BCUT2D eigenvalue weighted by Crippen LogP contribution is 2.29. The average Bonchev–Trinajstić information content (AvgIpc) is 2.92. The zero-order valence-electron chi connectivity index (χ0n) is 15.7. The van der Waals surface area contributed by atoms with E-state index < -0.39 is 11.8 Å². The Hall–Kier alpha value is -2.45. The van der Waals surface area contributed by atoms with Crippen molar-refractivity contribution in [3.8, 4) is 0 Å². The maximum absolute atomic E-state index is 13.7. The molecule has 2 N–H and O–H groups in total. The minimum Gasteiger partial charge on any atom is -0.461 e. The normalized spacial score (nSPS) is 20.6. The zero-order chi connectivity index (χ0) is 19.6. The maximum atomic E-state index is 13.7. The first kappa shape index (κ1) is 19.3. The van der Waals surface area contributed by atoms with Gasteiger partial charge >= 0.3 is 5.97 Å². The minimum atomic E-state index is -0.599. The van der Waals surface area contributed by atoms with E-state index in [9.17, 15) is 14.0 Å². The summed E-state index contributed by atoms with van der Waals surface area (Å²) in [6.45, 7) is 7.25. The fourth-order valence-corrected chi connectivity index (χ4v) is 3.45. The lowest BCUT2D eigenvalue weighted by molar-refractivity contribution is -0.121. The molecular formula is C19H24FN3O4. The van der Waals surface area contributed by atoms with Crippen LogP contribution in [-0.2, 0) is 14.3 Å². The molecule has 7 nitrogen and oxygen atoms in total. The summed E-state index contributed by atoms with van der Waals surface area (Å²) in [5, 5.41) is 3.18. The number of ether oxygens (including phenoxy) is 2. The van der Waals surface area contributed by atoms with Crippen LogP contribution in [0.1, 0.15) is 31.3 Å². The number of benzene rings is 1. The van der Waals surface area contributed by atoms with Crippen molar-refractivity contribution in [2.45, 2.75) is 33.0 Å². The fourth-order valence-electron chi connectivity index (χ4n) is 3.45. The summed E-state index contributed by atoms with van der Waals surface area (Å²) < 4.78 is 24.4. The Morgan fingerprint density at radius 1 is 1.33 bits per heavy atom. The van der Waals surface area contributed by atoms with Crippen LogP contribution in [0.5, 0.6) is 0 Å². The molecular weight excluding hydrogens is 353 g/mol. The molecule has 0 spiro atoms. The van der Waals surface area contributed by atoms with E-state index >= 15 is 0 Å². The number of hydrogen-bond donors (Lipinski definition) is 2. The number of morpholine rings is 1. The van der Waals surface area contributed by atoms with Crippen molar-refractivity contribution in [2.24, 2.45) is 0 Å². The Bertz CT molecular complexity index is 841. The molecule has 0 bridgehead atoms. The van der Waals surface area contributed by atoms with Gasteiger partial charge in [0.15, 0.2) is 0 Å². The lowest BCUT2D eigenvalue weighted by Crippen LogP contribution is -2.48. The standard InChI is InChI=1S/C19H24FN3O4/c1-4-26-19(25)18-17(14-7-13(20)5-6-15(14)21-18)22-16(24)10-23-8-11(2)27-12(3)9-23/h5-7,11-12,21H,4,8-10H2,1-3H3,(H,22,24)/t11-,12-/m1/s1. The summed E-state index contributed by atoms with van der Waals surface area (Å²) in [7, 11) is 0. The third-order valence-corrected chi connectivity index (χ3v) is 4.37. The fraction of sp³-hybridized carbons (Fsp3) is 0.474. The van der Waals surface area contributed by atoms with E-state index in [-0.39, 0.29) is 42.6 Å². The van der Waals surface area contributed by atoms with Gasteiger partial charge in [-0.15, -0.1) is 0 Å².